The van der Waals surface area contributed by atoms with Crippen molar-refractivity contribution in [2.75, 3.05) is 33.8 Å². The molecule has 1 aromatic rings. The van der Waals surface area contributed by atoms with Gasteiger partial charge in [-0.1, -0.05) is 6.07 Å². The molecule has 2 rings (SSSR count). The van der Waals surface area contributed by atoms with Gasteiger partial charge in [0.25, 0.3) is 0 Å². The lowest BCUT2D eigenvalue weighted by Gasteiger charge is -2.34. The lowest BCUT2D eigenvalue weighted by molar-refractivity contribution is 0.152. The molecule has 1 heterocycles. The van der Waals surface area contributed by atoms with Crippen LogP contribution in [0.2, 0.25) is 0 Å². The van der Waals surface area contributed by atoms with E-state index in [9.17, 15) is 5.11 Å². The van der Waals surface area contributed by atoms with Crippen molar-refractivity contribution in [1.82, 2.24) is 9.80 Å². The van der Waals surface area contributed by atoms with E-state index in [2.05, 4.69) is 30.7 Å². The summed E-state index contributed by atoms with van der Waals surface area (Å²) in [7, 11) is 3.78. The Balaban J connectivity index is 2.19. The summed E-state index contributed by atoms with van der Waals surface area (Å²) < 4.78 is 5.21. The molecule has 0 aromatic heterocycles. The number of phenols is 1. The molecule has 0 bridgehead atoms. The van der Waals surface area contributed by atoms with Crippen LogP contribution in [0.4, 0.5) is 0 Å². The number of hydrogen-bond donors (Lipinski definition) is 1. The van der Waals surface area contributed by atoms with E-state index < -0.39 is 0 Å². The van der Waals surface area contributed by atoms with Crippen LogP contribution >= 0.6 is 0 Å². The van der Waals surface area contributed by atoms with Crippen molar-refractivity contribution in [2.24, 2.45) is 0 Å². The SMILES string of the molecule is COc1cc(C(C)N2CCCN(C)CC2C)ccc1O. The summed E-state index contributed by atoms with van der Waals surface area (Å²) in [5.41, 5.74) is 1.19. The predicted molar refractivity (Wildman–Crippen MR) is 81.4 cm³/mol. The van der Waals surface area contributed by atoms with Gasteiger partial charge in [0, 0.05) is 25.2 Å². The maximum absolute atomic E-state index is 9.71. The monoisotopic (exact) mass is 278 g/mol. The van der Waals surface area contributed by atoms with E-state index in [1.54, 1.807) is 13.2 Å². The molecule has 1 aliphatic rings. The molecule has 2 atom stereocenters. The van der Waals surface area contributed by atoms with Crippen molar-refractivity contribution in [3.63, 3.8) is 0 Å². The van der Waals surface area contributed by atoms with Gasteiger partial charge in [-0.25, -0.2) is 0 Å². The average Bonchev–Trinajstić information content (AvgIpc) is 2.59. The fourth-order valence-electron chi connectivity index (χ4n) is 3.11. The van der Waals surface area contributed by atoms with Gasteiger partial charge in [-0.05, 0) is 51.6 Å². The lowest BCUT2D eigenvalue weighted by atomic mass is 10.0. The second kappa shape index (κ2) is 6.46. The van der Waals surface area contributed by atoms with Crippen LogP contribution in [0.3, 0.4) is 0 Å². The predicted octanol–water partition coefficient (Wildman–Crippen LogP) is 2.49. The van der Waals surface area contributed by atoms with Crippen LogP contribution in [-0.4, -0.2) is 54.7 Å². The molecule has 1 aromatic carbocycles. The van der Waals surface area contributed by atoms with Gasteiger partial charge in [-0.3, -0.25) is 4.90 Å². The normalized spacial score (nSPS) is 23.3. The zero-order valence-electron chi connectivity index (χ0n) is 13.0. The van der Waals surface area contributed by atoms with E-state index in [1.807, 2.05) is 12.1 Å². The molecule has 0 amide bonds. The number of nitrogens with zero attached hydrogens (tertiary/aromatic N) is 2. The fourth-order valence-corrected chi connectivity index (χ4v) is 3.11. The number of methoxy groups -OCH3 is 1. The van der Waals surface area contributed by atoms with Crippen molar-refractivity contribution in [3.05, 3.63) is 23.8 Å². The van der Waals surface area contributed by atoms with Gasteiger partial charge in [0.1, 0.15) is 0 Å². The zero-order valence-corrected chi connectivity index (χ0v) is 13.0. The summed E-state index contributed by atoms with van der Waals surface area (Å²) in [6.07, 6.45) is 1.19. The van der Waals surface area contributed by atoms with E-state index in [0.717, 1.165) is 19.6 Å². The van der Waals surface area contributed by atoms with Gasteiger partial charge in [0.2, 0.25) is 0 Å². The third-order valence-corrected chi connectivity index (χ3v) is 4.28. The summed E-state index contributed by atoms with van der Waals surface area (Å²) in [6.45, 7) is 7.88. The molecule has 1 aliphatic heterocycles. The first-order valence-corrected chi connectivity index (χ1v) is 7.34. The van der Waals surface area contributed by atoms with Gasteiger partial charge in [0.05, 0.1) is 7.11 Å². The Hall–Kier alpha value is -1.26. The van der Waals surface area contributed by atoms with Gasteiger partial charge in [-0.15, -0.1) is 0 Å². The minimum Gasteiger partial charge on any atom is -0.504 e. The summed E-state index contributed by atoms with van der Waals surface area (Å²) in [6, 6.07) is 6.51. The molecular weight excluding hydrogens is 252 g/mol. The number of ether oxygens (including phenoxy) is 1. The van der Waals surface area contributed by atoms with Gasteiger partial charge in [-0.2, -0.15) is 0 Å². The zero-order chi connectivity index (χ0) is 14.7. The Morgan fingerprint density at radius 2 is 2.10 bits per heavy atom. The standard InChI is InChI=1S/C16H26N2O2/c1-12-11-17(3)8-5-9-18(12)13(2)14-6-7-15(19)16(10-14)20-4/h6-7,10,12-13,19H,5,8-9,11H2,1-4H3. The number of hydrogen-bond acceptors (Lipinski definition) is 4. The maximum atomic E-state index is 9.71. The topological polar surface area (TPSA) is 35.9 Å². The van der Waals surface area contributed by atoms with E-state index in [4.69, 9.17) is 4.74 Å². The number of likely N-dealkylation sites (N-methyl/N-ethyl adjacent to an activating group) is 1. The van der Waals surface area contributed by atoms with Crippen molar-refractivity contribution in [2.45, 2.75) is 32.4 Å². The molecule has 4 nitrogen and oxygen atoms in total. The smallest absolute Gasteiger partial charge is 0.160 e. The minimum atomic E-state index is 0.201. The van der Waals surface area contributed by atoms with Crippen LogP contribution in [0.5, 0.6) is 11.5 Å². The number of aromatic hydroxyl groups is 1. The highest BCUT2D eigenvalue weighted by Crippen LogP contribution is 2.32. The van der Waals surface area contributed by atoms with Crippen molar-refractivity contribution in [1.29, 1.82) is 0 Å². The lowest BCUT2D eigenvalue weighted by Crippen LogP contribution is -2.39. The molecule has 1 saturated heterocycles. The maximum Gasteiger partial charge on any atom is 0.160 e. The molecule has 0 spiro atoms. The van der Waals surface area contributed by atoms with Crippen molar-refractivity contribution in [3.8, 4) is 11.5 Å². The molecule has 1 fully saturated rings. The van der Waals surface area contributed by atoms with Gasteiger partial charge >= 0.3 is 0 Å². The first-order valence-electron chi connectivity index (χ1n) is 7.34. The second-order valence-corrected chi connectivity index (χ2v) is 5.81. The summed E-state index contributed by atoms with van der Waals surface area (Å²) >= 11 is 0. The highest BCUT2D eigenvalue weighted by Gasteiger charge is 2.25. The van der Waals surface area contributed by atoms with E-state index >= 15 is 0 Å². The van der Waals surface area contributed by atoms with Gasteiger partial charge in [0.15, 0.2) is 11.5 Å². The molecule has 112 valence electrons. The van der Waals surface area contributed by atoms with Crippen LogP contribution in [0, 0.1) is 0 Å². The van der Waals surface area contributed by atoms with E-state index in [-0.39, 0.29) is 5.75 Å². The Kier molecular flexibility index (Phi) is 4.89. The molecule has 20 heavy (non-hydrogen) atoms. The number of benzene rings is 1. The van der Waals surface area contributed by atoms with Crippen molar-refractivity contribution >= 4 is 0 Å². The summed E-state index contributed by atoms with van der Waals surface area (Å²) in [5, 5.41) is 9.71. The Bertz CT molecular complexity index is 450. The van der Waals surface area contributed by atoms with Crippen LogP contribution < -0.4 is 4.74 Å². The minimum absolute atomic E-state index is 0.201. The molecule has 4 heteroatoms. The molecule has 2 unspecified atom stereocenters. The average molecular weight is 278 g/mol. The highest BCUT2D eigenvalue weighted by atomic mass is 16.5. The van der Waals surface area contributed by atoms with E-state index in [0.29, 0.717) is 17.8 Å². The fraction of sp³-hybridized carbons (Fsp3) is 0.625. The van der Waals surface area contributed by atoms with Crippen LogP contribution in [-0.2, 0) is 0 Å². The van der Waals surface area contributed by atoms with Crippen LogP contribution in [0.1, 0.15) is 31.9 Å². The third kappa shape index (κ3) is 3.25. The van der Waals surface area contributed by atoms with Crippen LogP contribution in [0.25, 0.3) is 0 Å². The molecular formula is C16H26N2O2. The Morgan fingerprint density at radius 3 is 2.80 bits per heavy atom. The molecule has 0 radical (unpaired) electrons. The van der Waals surface area contributed by atoms with Crippen LogP contribution in [0.15, 0.2) is 18.2 Å². The summed E-state index contributed by atoms with van der Waals surface area (Å²) in [4.78, 5) is 4.93. The largest absolute Gasteiger partial charge is 0.504 e. The van der Waals surface area contributed by atoms with E-state index in [1.165, 1.54) is 12.0 Å². The van der Waals surface area contributed by atoms with Crippen molar-refractivity contribution < 1.29 is 9.84 Å². The quantitative estimate of drug-likeness (QED) is 0.921. The Labute approximate surface area is 122 Å². The first-order chi connectivity index (χ1) is 9.52. The molecule has 1 N–H and O–H groups in total. The molecule has 0 saturated carbocycles. The first kappa shape index (κ1) is 15.1. The number of rotatable bonds is 3. The second-order valence-electron chi connectivity index (χ2n) is 5.81. The number of phenolic OH excluding ortho intramolecular Hbond substituents is 1. The Morgan fingerprint density at radius 1 is 1.35 bits per heavy atom. The third-order valence-electron chi connectivity index (χ3n) is 4.28. The summed E-state index contributed by atoms with van der Waals surface area (Å²) in [5.74, 6) is 0.751. The molecule has 0 aliphatic carbocycles. The highest BCUT2D eigenvalue weighted by molar-refractivity contribution is 5.42. The van der Waals surface area contributed by atoms with Gasteiger partial charge < -0.3 is 14.7 Å².